The minimum absolute atomic E-state index is 0.783. The van der Waals surface area contributed by atoms with Crippen LogP contribution in [0.5, 0.6) is 0 Å². The molecule has 0 radical (unpaired) electrons. The van der Waals surface area contributed by atoms with Crippen LogP contribution in [-0.4, -0.2) is 16.3 Å². The molecule has 3 nitrogen and oxygen atoms in total. The Morgan fingerprint density at radius 2 is 2.21 bits per heavy atom. The van der Waals surface area contributed by atoms with E-state index < -0.39 is 0 Å². The first-order valence-electron chi connectivity index (χ1n) is 8.36. The third kappa shape index (κ3) is 2.96. The number of nitrogens with one attached hydrogen (secondary N) is 1. The first-order chi connectivity index (χ1) is 11.7. The number of rotatable bonds is 3. The number of nitrogens with zero attached hydrogens (tertiary/aromatic N) is 2. The van der Waals surface area contributed by atoms with Gasteiger partial charge in [-0.2, -0.15) is 5.10 Å². The van der Waals surface area contributed by atoms with Gasteiger partial charge in [0.2, 0.25) is 0 Å². The van der Waals surface area contributed by atoms with Crippen molar-refractivity contribution in [2.75, 3.05) is 11.9 Å². The van der Waals surface area contributed by atoms with Gasteiger partial charge in [0, 0.05) is 28.4 Å². The predicted octanol–water partition coefficient (Wildman–Crippen LogP) is 5.23. The lowest BCUT2D eigenvalue weighted by molar-refractivity contribution is 0.768. The zero-order valence-electron chi connectivity index (χ0n) is 13.7. The van der Waals surface area contributed by atoms with E-state index in [0.717, 1.165) is 41.5 Å². The highest BCUT2D eigenvalue weighted by atomic mass is 35.5. The molecule has 1 N–H and O–H groups in total. The van der Waals surface area contributed by atoms with Crippen molar-refractivity contribution in [2.45, 2.75) is 32.6 Å². The van der Waals surface area contributed by atoms with E-state index in [1.165, 1.54) is 29.0 Å². The number of fused-ring (bicyclic) bond motifs is 1. The van der Waals surface area contributed by atoms with Gasteiger partial charge in [-0.05, 0) is 55.3 Å². The van der Waals surface area contributed by atoms with Crippen LogP contribution < -0.4 is 5.32 Å². The van der Waals surface area contributed by atoms with E-state index in [1.54, 1.807) is 11.3 Å². The Hall–Kier alpha value is -1.78. The molecule has 0 unspecified atom stereocenters. The van der Waals surface area contributed by atoms with E-state index in [-0.39, 0.29) is 0 Å². The van der Waals surface area contributed by atoms with Gasteiger partial charge < -0.3 is 5.32 Å². The molecule has 3 aromatic rings. The number of aromatic nitrogens is 2. The maximum atomic E-state index is 6.34. The topological polar surface area (TPSA) is 29.9 Å². The van der Waals surface area contributed by atoms with Gasteiger partial charge in [-0.1, -0.05) is 23.7 Å². The van der Waals surface area contributed by atoms with Gasteiger partial charge >= 0.3 is 0 Å². The van der Waals surface area contributed by atoms with E-state index in [9.17, 15) is 0 Å². The second kappa shape index (κ2) is 6.61. The van der Waals surface area contributed by atoms with Gasteiger partial charge in [0.1, 0.15) is 5.82 Å². The number of aryl methyl sites for hydroxylation is 1. The smallest absolute Gasteiger partial charge is 0.133 e. The summed E-state index contributed by atoms with van der Waals surface area (Å²) in [4.78, 5) is 1.36. The zero-order valence-corrected chi connectivity index (χ0v) is 15.3. The van der Waals surface area contributed by atoms with Crippen LogP contribution >= 0.6 is 22.9 Å². The number of halogens is 1. The van der Waals surface area contributed by atoms with Gasteiger partial charge in [0.25, 0.3) is 0 Å². The van der Waals surface area contributed by atoms with Crippen molar-refractivity contribution < 1.29 is 0 Å². The molecule has 0 bridgehead atoms. The normalized spacial score (nSPS) is 14.1. The number of hydrogen-bond donors (Lipinski definition) is 1. The Morgan fingerprint density at radius 1 is 1.29 bits per heavy atom. The standard InChI is InChI=1S/C19H20ClN3S/c1-13-7-8-14(11-17(13)20)23-19-16(6-2-3-9-21-19)18(22-23)12-15-5-4-10-24-15/h4-5,7-8,10-11,21H,2-3,6,9,12H2,1H3. The van der Waals surface area contributed by atoms with Crippen molar-refractivity contribution in [3.8, 4) is 5.69 Å². The minimum atomic E-state index is 0.783. The third-order valence-corrected chi connectivity index (χ3v) is 5.82. The van der Waals surface area contributed by atoms with Crippen LogP contribution in [0.2, 0.25) is 5.02 Å². The lowest BCUT2D eigenvalue weighted by atomic mass is 10.1. The molecule has 0 atom stereocenters. The van der Waals surface area contributed by atoms with E-state index >= 15 is 0 Å². The van der Waals surface area contributed by atoms with Gasteiger partial charge in [-0.3, -0.25) is 0 Å². The molecule has 3 heterocycles. The Balaban J connectivity index is 1.81. The van der Waals surface area contributed by atoms with E-state index in [4.69, 9.17) is 16.7 Å². The second-order valence-corrected chi connectivity index (χ2v) is 7.70. The van der Waals surface area contributed by atoms with Gasteiger partial charge in [0.05, 0.1) is 11.4 Å². The fourth-order valence-corrected chi connectivity index (χ4v) is 4.08. The zero-order chi connectivity index (χ0) is 16.5. The number of benzene rings is 1. The maximum absolute atomic E-state index is 6.34. The van der Waals surface area contributed by atoms with Gasteiger partial charge in [-0.15, -0.1) is 11.3 Å². The molecule has 2 aromatic heterocycles. The average Bonchev–Trinajstić information content (AvgIpc) is 3.12. The van der Waals surface area contributed by atoms with Crippen molar-refractivity contribution in [1.82, 2.24) is 9.78 Å². The molecule has 1 aliphatic rings. The summed E-state index contributed by atoms with van der Waals surface area (Å²) in [7, 11) is 0. The molecule has 124 valence electrons. The van der Waals surface area contributed by atoms with Crippen LogP contribution in [0, 0.1) is 6.92 Å². The highest BCUT2D eigenvalue weighted by Gasteiger charge is 2.21. The molecule has 0 fully saturated rings. The Kier molecular flexibility index (Phi) is 4.33. The molecular formula is C19H20ClN3S. The molecule has 0 saturated heterocycles. The summed E-state index contributed by atoms with van der Waals surface area (Å²) in [6.07, 6.45) is 4.39. The minimum Gasteiger partial charge on any atom is -0.370 e. The van der Waals surface area contributed by atoms with E-state index in [1.807, 2.05) is 17.7 Å². The van der Waals surface area contributed by atoms with Crippen LogP contribution in [-0.2, 0) is 12.8 Å². The van der Waals surface area contributed by atoms with Gasteiger partial charge in [-0.25, -0.2) is 4.68 Å². The quantitative estimate of drug-likeness (QED) is 0.695. The molecule has 4 rings (SSSR count). The summed E-state index contributed by atoms with van der Waals surface area (Å²) < 4.78 is 2.04. The third-order valence-electron chi connectivity index (χ3n) is 4.53. The predicted molar refractivity (Wildman–Crippen MR) is 102 cm³/mol. The van der Waals surface area contributed by atoms with Crippen LogP contribution in [0.4, 0.5) is 5.82 Å². The first-order valence-corrected chi connectivity index (χ1v) is 9.61. The summed E-state index contributed by atoms with van der Waals surface area (Å²) in [6.45, 7) is 3.02. The van der Waals surface area contributed by atoms with Gasteiger partial charge in [0.15, 0.2) is 0 Å². The first kappa shape index (κ1) is 15.7. The number of anilines is 1. The molecule has 0 spiro atoms. The fraction of sp³-hybridized carbons (Fsp3) is 0.316. The molecule has 1 aromatic carbocycles. The molecule has 1 aliphatic heterocycles. The molecule has 5 heteroatoms. The molecule has 24 heavy (non-hydrogen) atoms. The summed E-state index contributed by atoms with van der Waals surface area (Å²) in [6, 6.07) is 10.4. The van der Waals surface area contributed by atoms with Crippen molar-refractivity contribution >= 4 is 28.8 Å². The van der Waals surface area contributed by atoms with E-state index in [2.05, 4.69) is 35.0 Å². The van der Waals surface area contributed by atoms with Crippen molar-refractivity contribution in [3.63, 3.8) is 0 Å². The van der Waals surface area contributed by atoms with Crippen molar-refractivity contribution in [1.29, 1.82) is 0 Å². The lowest BCUT2D eigenvalue weighted by Crippen LogP contribution is -2.07. The van der Waals surface area contributed by atoms with Crippen LogP contribution in [0.15, 0.2) is 35.7 Å². The Bertz CT molecular complexity index is 852. The molecule has 0 aliphatic carbocycles. The molecule has 0 amide bonds. The Labute approximate surface area is 151 Å². The summed E-state index contributed by atoms with van der Waals surface area (Å²) in [5.74, 6) is 1.14. The van der Waals surface area contributed by atoms with Crippen LogP contribution in [0.1, 0.15) is 34.5 Å². The van der Waals surface area contributed by atoms with E-state index in [0.29, 0.717) is 0 Å². The highest BCUT2D eigenvalue weighted by molar-refractivity contribution is 7.09. The Morgan fingerprint density at radius 3 is 3.00 bits per heavy atom. The number of thiophene rings is 1. The molecular weight excluding hydrogens is 338 g/mol. The lowest BCUT2D eigenvalue weighted by Gasteiger charge is -2.10. The van der Waals surface area contributed by atoms with Crippen LogP contribution in [0.25, 0.3) is 5.69 Å². The fourth-order valence-electron chi connectivity index (χ4n) is 3.19. The largest absolute Gasteiger partial charge is 0.370 e. The summed E-state index contributed by atoms with van der Waals surface area (Å²) in [5, 5.41) is 11.4. The average molecular weight is 358 g/mol. The SMILES string of the molecule is Cc1ccc(-n2nc(Cc3cccs3)c3c2NCCCC3)cc1Cl. The summed E-state index contributed by atoms with van der Waals surface area (Å²) in [5.41, 5.74) is 4.65. The summed E-state index contributed by atoms with van der Waals surface area (Å²) >= 11 is 8.13. The van der Waals surface area contributed by atoms with Crippen LogP contribution in [0.3, 0.4) is 0 Å². The van der Waals surface area contributed by atoms with Crippen molar-refractivity contribution in [2.24, 2.45) is 0 Å². The maximum Gasteiger partial charge on any atom is 0.133 e. The highest BCUT2D eigenvalue weighted by Crippen LogP contribution is 2.31. The monoisotopic (exact) mass is 357 g/mol. The van der Waals surface area contributed by atoms with Crippen molar-refractivity contribution in [3.05, 3.63) is 62.4 Å². The number of hydrogen-bond acceptors (Lipinski definition) is 3. The molecule has 0 saturated carbocycles. The second-order valence-electron chi connectivity index (χ2n) is 6.26.